The highest BCUT2D eigenvalue weighted by Gasteiger charge is 2.12. The molecular weight excluding hydrogens is 204 g/mol. The summed E-state index contributed by atoms with van der Waals surface area (Å²) in [6.45, 7) is 3.18. The second-order valence-electron chi connectivity index (χ2n) is 3.65. The minimum atomic E-state index is 0.325. The summed E-state index contributed by atoms with van der Waals surface area (Å²) < 4.78 is 5.34. The first-order valence-corrected chi connectivity index (χ1v) is 5.29. The van der Waals surface area contributed by atoms with Crippen molar-refractivity contribution in [3.05, 3.63) is 23.9 Å². The molecule has 0 bridgehead atoms. The highest BCUT2D eigenvalue weighted by atomic mass is 16.5. The average molecular weight is 218 g/mol. The standard InChI is InChI=1S/C11H14N4O/c12-5-9-1-2-11(14-6-9)15-7-10-8-16-4-3-13-10/h1-2,6,10,13H,3-4,7-8H2,(H,14,15). The predicted octanol–water partition coefficient (Wildman–Crippen LogP) is 0.354. The van der Waals surface area contributed by atoms with Gasteiger partial charge in [0.05, 0.1) is 18.8 Å². The third-order valence-electron chi connectivity index (χ3n) is 2.42. The highest BCUT2D eigenvalue weighted by Crippen LogP contribution is 2.04. The van der Waals surface area contributed by atoms with E-state index in [0.29, 0.717) is 11.6 Å². The zero-order valence-electron chi connectivity index (χ0n) is 8.94. The zero-order chi connectivity index (χ0) is 11.2. The number of hydrogen-bond acceptors (Lipinski definition) is 5. The first-order chi connectivity index (χ1) is 7.88. The molecule has 1 atom stereocenters. The van der Waals surface area contributed by atoms with E-state index in [9.17, 15) is 0 Å². The van der Waals surface area contributed by atoms with Gasteiger partial charge in [-0.2, -0.15) is 5.26 Å². The topological polar surface area (TPSA) is 70.0 Å². The molecule has 1 fully saturated rings. The fourth-order valence-corrected chi connectivity index (χ4v) is 1.54. The van der Waals surface area contributed by atoms with Gasteiger partial charge in [-0.15, -0.1) is 0 Å². The number of nitrogens with one attached hydrogen (secondary N) is 2. The van der Waals surface area contributed by atoms with Crippen LogP contribution in [0.2, 0.25) is 0 Å². The van der Waals surface area contributed by atoms with Crippen molar-refractivity contribution in [3.63, 3.8) is 0 Å². The van der Waals surface area contributed by atoms with E-state index in [1.54, 1.807) is 12.3 Å². The molecule has 1 saturated heterocycles. The van der Waals surface area contributed by atoms with Crippen molar-refractivity contribution < 1.29 is 4.74 Å². The second kappa shape index (κ2) is 5.45. The second-order valence-corrected chi connectivity index (χ2v) is 3.65. The summed E-state index contributed by atoms with van der Waals surface area (Å²) in [6, 6.07) is 5.92. The van der Waals surface area contributed by atoms with E-state index in [0.717, 1.165) is 32.1 Å². The van der Waals surface area contributed by atoms with Crippen molar-refractivity contribution in [2.24, 2.45) is 0 Å². The predicted molar refractivity (Wildman–Crippen MR) is 60.1 cm³/mol. The van der Waals surface area contributed by atoms with Crippen molar-refractivity contribution in [3.8, 4) is 6.07 Å². The maximum absolute atomic E-state index is 8.63. The Labute approximate surface area is 94.4 Å². The van der Waals surface area contributed by atoms with Gasteiger partial charge < -0.3 is 15.4 Å². The number of pyridine rings is 1. The van der Waals surface area contributed by atoms with Gasteiger partial charge in [0.2, 0.25) is 0 Å². The fraction of sp³-hybridized carbons (Fsp3) is 0.455. The Morgan fingerprint density at radius 1 is 1.62 bits per heavy atom. The lowest BCUT2D eigenvalue weighted by atomic mass is 10.2. The third-order valence-corrected chi connectivity index (χ3v) is 2.42. The van der Waals surface area contributed by atoms with Crippen LogP contribution in [-0.4, -0.2) is 37.3 Å². The van der Waals surface area contributed by atoms with Crippen molar-refractivity contribution in [2.45, 2.75) is 6.04 Å². The molecule has 16 heavy (non-hydrogen) atoms. The van der Waals surface area contributed by atoms with Crippen LogP contribution in [-0.2, 0) is 4.74 Å². The quantitative estimate of drug-likeness (QED) is 0.766. The Bertz CT molecular complexity index is 365. The van der Waals surface area contributed by atoms with Gasteiger partial charge in [0.1, 0.15) is 11.9 Å². The van der Waals surface area contributed by atoms with Gasteiger partial charge in [-0.1, -0.05) is 0 Å². The molecular formula is C11H14N4O. The molecule has 2 N–H and O–H groups in total. The molecule has 1 aliphatic rings. The molecule has 5 heteroatoms. The van der Waals surface area contributed by atoms with Gasteiger partial charge in [0, 0.05) is 25.3 Å². The minimum absolute atomic E-state index is 0.325. The number of hydrogen-bond donors (Lipinski definition) is 2. The van der Waals surface area contributed by atoms with Crippen LogP contribution in [0.1, 0.15) is 5.56 Å². The van der Waals surface area contributed by atoms with Crippen molar-refractivity contribution in [2.75, 3.05) is 31.6 Å². The SMILES string of the molecule is N#Cc1ccc(NCC2COCCN2)nc1. The summed E-state index contributed by atoms with van der Waals surface area (Å²) in [4.78, 5) is 4.13. The van der Waals surface area contributed by atoms with E-state index < -0.39 is 0 Å². The number of ether oxygens (including phenoxy) is 1. The number of rotatable bonds is 3. The Balaban J connectivity index is 1.82. The molecule has 1 aromatic rings. The van der Waals surface area contributed by atoms with Gasteiger partial charge in [0.15, 0.2) is 0 Å². The lowest BCUT2D eigenvalue weighted by molar-refractivity contribution is 0.0806. The molecule has 0 aromatic carbocycles. The average Bonchev–Trinajstić information content (AvgIpc) is 2.38. The summed E-state index contributed by atoms with van der Waals surface area (Å²) in [5, 5.41) is 15.2. The maximum atomic E-state index is 8.63. The maximum Gasteiger partial charge on any atom is 0.126 e. The summed E-state index contributed by atoms with van der Waals surface area (Å²) in [5.74, 6) is 0.784. The van der Waals surface area contributed by atoms with Gasteiger partial charge in [-0.05, 0) is 12.1 Å². The molecule has 0 radical (unpaired) electrons. The van der Waals surface area contributed by atoms with Crippen LogP contribution >= 0.6 is 0 Å². The van der Waals surface area contributed by atoms with E-state index in [1.807, 2.05) is 12.1 Å². The normalized spacial score (nSPS) is 20.1. The Hall–Kier alpha value is -1.64. The molecule has 0 spiro atoms. The van der Waals surface area contributed by atoms with Crippen LogP contribution in [0.3, 0.4) is 0 Å². The monoisotopic (exact) mass is 218 g/mol. The largest absolute Gasteiger partial charge is 0.378 e. The van der Waals surface area contributed by atoms with Crippen LogP contribution in [0.25, 0.3) is 0 Å². The summed E-state index contributed by atoms with van der Waals surface area (Å²) in [6.07, 6.45) is 1.56. The highest BCUT2D eigenvalue weighted by molar-refractivity contribution is 5.39. The van der Waals surface area contributed by atoms with Crippen LogP contribution in [0.4, 0.5) is 5.82 Å². The zero-order valence-corrected chi connectivity index (χ0v) is 8.94. The lowest BCUT2D eigenvalue weighted by Crippen LogP contribution is -2.45. The smallest absolute Gasteiger partial charge is 0.126 e. The fourth-order valence-electron chi connectivity index (χ4n) is 1.54. The molecule has 1 unspecified atom stereocenters. The Morgan fingerprint density at radius 3 is 3.19 bits per heavy atom. The van der Waals surface area contributed by atoms with Crippen LogP contribution in [0.5, 0.6) is 0 Å². The lowest BCUT2D eigenvalue weighted by Gasteiger charge is -2.24. The molecule has 2 rings (SSSR count). The molecule has 2 heterocycles. The Kier molecular flexibility index (Phi) is 3.70. The molecule has 5 nitrogen and oxygen atoms in total. The molecule has 0 amide bonds. The van der Waals surface area contributed by atoms with Crippen molar-refractivity contribution in [1.29, 1.82) is 5.26 Å². The Morgan fingerprint density at radius 2 is 2.56 bits per heavy atom. The van der Waals surface area contributed by atoms with E-state index in [2.05, 4.69) is 15.6 Å². The summed E-state index contributed by atoms with van der Waals surface area (Å²) >= 11 is 0. The molecule has 0 saturated carbocycles. The first-order valence-electron chi connectivity index (χ1n) is 5.29. The van der Waals surface area contributed by atoms with Crippen LogP contribution in [0, 0.1) is 11.3 Å². The van der Waals surface area contributed by atoms with Crippen molar-refractivity contribution in [1.82, 2.24) is 10.3 Å². The molecule has 84 valence electrons. The van der Waals surface area contributed by atoms with Crippen molar-refractivity contribution >= 4 is 5.82 Å². The van der Waals surface area contributed by atoms with Crippen LogP contribution in [0.15, 0.2) is 18.3 Å². The minimum Gasteiger partial charge on any atom is -0.378 e. The van der Waals surface area contributed by atoms with E-state index >= 15 is 0 Å². The van der Waals surface area contributed by atoms with Gasteiger partial charge >= 0.3 is 0 Å². The molecule has 0 aliphatic carbocycles. The van der Waals surface area contributed by atoms with E-state index in [-0.39, 0.29) is 0 Å². The number of aromatic nitrogens is 1. The van der Waals surface area contributed by atoms with E-state index in [4.69, 9.17) is 10.00 Å². The number of nitrogens with zero attached hydrogens (tertiary/aromatic N) is 2. The first kappa shape index (κ1) is 10.9. The van der Waals surface area contributed by atoms with Gasteiger partial charge in [-0.3, -0.25) is 0 Å². The van der Waals surface area contributed by atoms with E-state index in [1.165, 1.54) is 0 Å². The molecule has 1 aromatic heterocycles. The van der Waals surface area contributed by atoms with Crippen LogP contribution < -0.4 is 10.6 Å². The number of nitriles is 1. The third kappa shape index (κ3) is 2.92. The summed E-state index contributed by atoms with van der Waals surface area (Å²) in [7, 11) is 0. The molecule has 1 aliphatic heterocycles. The number of morpholine rings is 1. The number of anilines is 1. The summed E-state index contributed by atoms with van der Waals surface area (Å²) in [5.41, 5.74) is 0.574. The van der Waals surface area contributed by atoms with Gasteiger partial charge in [0.25, 0.3) is 0 Å². The van der Waals surface area contributed by atoms with Gasteiger partial charge in [-0.25, -0.2) is 4.98 Å².